The fourth-order valence-electron chi connectivity index (χ4n) is 2.59. The first-order valence-electron chi connectivity index (χ1n) is 7.65. The van der Waals surface area contributed by atoms with Gasteiger partial charge in [0.15, 0.2) is 0 Å². The molecule has 7 heteroatoms. The predicted octanol–water partition coefficient (Wildman–Crippen LogP) is 3.27. The molecule has 0 aliphatic carbocycles. The van der Waals surface area contributed by atoms with Crippen molar-refractivity contribution in [2.45, 2.75) is 31.2 Å². The van der Waals surface area contributed by atoms with Gasteiger partial charge in [-0.15, -0.1) is 0 Å². The molecule has 134 valence electrons. The number of likely N-dealkylation sites (N-methyl/N-ethyl adjacent to an activating group) is 1. The number of aliphatic carboxylic acids is 1. The number of benzene rings is 2. The van der Waals surface area contributed by atoms with Crippen LogP contribution in [0.4, 0.5) is 0 Å². The van der Waals surface area contributed by atoms with Gasteiger partial charge in [-0.1, -0.05) is 35.4 Å². The Hall–Kier alpha value is -1.89. The molecule has 0 bridgehead atoms. The number of hydrogen-bond donors (Lipinski definition) is 1. The first-order valence-corrected chi connectivity index (χ1v) is 9.47. The zero-order chi connectivity index (χ0) is 18.8. The molecule has 0 unspecified atom stereocenters. The third kappa shape index (κ3) is 4.39. The van der Waals surface area contributed by atoms with Crippen LogP contribution in [-0.4, -0.2) is 36.9 Å². The van der Waals surface area contributed by atoms with Crippen molar-refractivity contribution in [3.05, 3.63) is 64.2 Å². The topological polar surface area (TPSA) is 74.7 Å². The van der Waals surface area contributed by atoms with Crippen LogP contribution in [0.3, 0.4) is 0 Å². The van der Waals surface area contributed by atoms with Gasteiger partial charge in [0.1, 0.15) is 6.04 Å². The quantitative estimate of drug-likeness (QED) is 0.833. The van der Waals surface area contributed by atoms with E-state index in [0.717, 1.165) is 21.0 Å². The fraction of sp³-hybridized carbons (Fsp3) is 0.278. The highest BCUT2D eigenvalue weighted by Gasteiger charge is 2.33. The molecule has 0 aromatic heterocycles. The molecule has 0 spiro atoms. The zero-order valence-corrected chi connectivity index (χ0v) is 15.8. The molecule has 0 radical (unpaired) electrons. The van der Waals surface area contributed by atoms with Crippen LogP contribution < -0.4 is 0 Å². The molecule has 2 rings (SSSR count). The Kier molecular flexibility index (Phi) is 5.87. The van der Waals surface area contributed by atoms with Crippen molar-refractivity contribution < 1.29 is 18.3 Å². The monoisotopic (exact) mass is 381 g/mol. The SMILES string of the molecule is Cc1ccc(C[C@@H](C(=O)O)N(C)S(=O)(=O)c2ccc(Cl)cc2)c(C)c1. The van der Waals surface area contributed by atoms with E-state index < -0.39 is 22.0 Å². The van der Waals surface area contributed by atoms with E-state index >= 15 is 0 Å². The molecule has 0 fully saturated rings. The predicted molar refractivity (Wildman–Crippen MR) is 97.4 cm³/mol. The van der Waals surface area contributed by atoms with E-state index in [9.17, 15) is 18.3 Å². The number of carbonyl (C=O) groups is 1. The van der Waals surface area contributed by atoms with Crippen LogP contribution in [0.2, 0.25) is 5.02 Å². The number of carboxylic acid groups (broad SMARTS) is 1. The van der Waals surface area contributed by atoms with E-state index in [4.69, 9.17) is 11.6 Å². The van der Waals surface area contributed by atoms with Gasteiger partial charge in [0.25, 0.3) is 0 Å². The Balaban J connectivity index is 2.35. The van der Waals surface area contributed by atoms with Crippen LogP contribution in [0, 0.1) is 13.8 Å². The zero-order valence-electron chi connectivity index (χ0n) is 14.2. The minimum atomic E-state index is -3.95. The molecule has 25 heavy (non-hydrogen) atoms. The summed E-state index contributed by atoms with van der Waals surface area (Å²) in [4.78, 5) is 11.7. The number of hydrogen-bond acceptors (Lipinski definition) is 3. The van der Waals surface area contributed by atoms with Gasteiger partial charge in [0.2, 0.25) is 10.0 Å². The minimum absolute atomic E-state index is 0.00581. The van der Waals surface area contributed by atoms with Gasteiger partial charge in [-0.2, -0.15) is 4.31 Å². The van der Waals surface area contributed by atoms with Crippen LogP contribution >= 0.6 is 11.6 Å². The molecular formula is C18H20ClNO4S. The summed E-state index contributed by atoms with van der Waals surface area (Å²) >= 11 is 5.79. The Bertz CT molecular complexity index is 878. The molecule has 0 amide bonds. The van der Waals surface area contributed by atoms with Gasteiger partial charge in [0, 0.05) is 12.1 Å². The third-order valence-electron chi connectivity index (χ3n) is 4.13. The van der Waals surface area contributed by atoms with Crippen LogP contribution in [0.15, 0.2) is 47.4 Å². The lowest BCUT2D eigenvalue weighted by Gasteiger charge is -2.25. The molecule has 2 aromatic rings. The second kappa shape index (κ2) is 7.56. The summed E-state index contributed by atoms with van der Waals surface area (Å²) in [6, 6.07) is 10.1. The average molecular weight is 382 g/mol. The fourth-order valence-corrected chi connectivity index (χ4v) is 4.03. The average Bonchev–Trinajstić information content (AvgIpc) is 2.53. The number of sulfonamides is 1. The first-order chi connectivity index (χ1) is 11.6. The molecule has 0 aliphatic rings. The molecule has 0 saturated heterocycles. The van der Waals surface area contributed by atoms with Gasteiger partial charge >= 0.3 is 5.97 Å². The summed E-state index contributed by atoms with van der Waals surface area (Å²) in [5.41, 5.74) is 2.80. The van der Waals surface area contributed by atoms with Crippen molar-refractivity contribution >= 4 is 27.6 Å². The maximum absolute atomic E-state index is 12.7. The van der Waals surface area contributed by atoms with Gasteiger partial charge in [-0.25, -0.2) is 8.42 Å². The summed E-state index contributed by atoms with van der Waals surface area (Å²) in [7, 11) is -2.66. The van der Waals surface area contributed by atoms with E-state index in [-0.39, 0.29) is 11.3 Å². The maximum atomic E-state index is 12.7. The van der Waals surface area contributed by atoms with Gasteiger partial charge in [-0.05, 0) is 55.7 Å². The summed E-state index contributed by atoms with van der Waals surface area (Å²) in [6.07, 6.45) is 0.0881. The normalized spacial score (nSPS) is 13.0. The van der Waals surface area contributed by atoms with Crippen molar-refractivity contribution in [3.63, 3.8) is 0 Å². The van der Waals surface area contributed by atoms with E-state index in [1.165, 1.54) is 31.3 Å². The Morgan fingerprint density at radius 2 is 1.76 bits per heavy atom. The number of halogens is 1. The third-order valence-corrected chi connectivity index (χ3v) is 6.26. The van der Waals surface area contributed by atoms with Gasteiger partial charge in [-0.3, -0.25) is 4.79 Å². The molecule has 0 aliphatic heterocycles. The molecule has 0 saturated carbocycles. The summed E-state index contributed by atoms with van der Waals surface area (Å²) in [6.45, 7) is 3.83. The highest BCUT2D eigenvalue weighted by molar-refractivity contribution is 7.89. The molecule has 1 atom stereocenters. The molecule has 0 heterocycles. The second-order valence-corrected chi connectivity index (χ2v) is 8.40. The summed E-state index contributed by atoms with van der Waals surface area (Å²) in [5.74, 6) is -1.19. The number of nitrogens with zero attached hydrogens (tertiary/aromatic N) is 1. The van der Waals surface area contributed by atoms with Crippen molar-refractivity contribution in [2.24, 2.45) is 0 Å². The number of aryl methyl sites for hydroxylation is 2. The highest BCUT2D eigenvalue weighted by atomic mass is 35.5. The first kappa shape index (κ1) is 19.4. The lowest BCUT2D eigenvalue weighted by atomic mass is 9.99. The number of carboxylic acids is 1. The Morgan fingerprint density at radius 1 is 1.16 bits per heavy atom. The molecule has 5 nitrogen and oxygen atoms in total. The second-order valence-electron chi connectivity index (χ2n) is 5.96. The van der Waals surface area contributed by atoms with E-state index in [1.807, 2.05) is 32.0 Å². The van der Waals surface area contributed by atoms with E-state index in [0.29, 0.717) is 5.02 Å². The van der Waals surface area contributed by atoms with Crippen LogP contribution in [0.1, 0.15) is 16.7 Å². The van der Waals surface area contributed by atoms with Crippen molar-refractivity contribution in [1.82, 2.24) is 4.31 Å². The van der Waals surface area contributed by atoms with Crippen molar-refractivity contribution in [2.75, 3.05) is 7.05 Å². The van der Waals surface area contributed by atoms with Gasteiger partial charge in [0.05, 0.1) is 4.90 Å². The van der Waals surface area contributed by atoms with Crippen molar-refractivity contribution in [1.29, 1.82) is 0 Å². The maximum Gasteiger partial charge on any atom is 0.322 e. The minimum Gasteiger partial charge on any atom is -0.480 e. The standard InChI is InChI=1S/C18H20ClNO4S/c1-12-4-5-14(13(2)10-12)11-17(18(21)22)20(3)25(23,24)16-8-6-15(19)7-9-16/h4-10,17H,11H2,1-3H3,(H,21,22)/t17-/m0/s1. The highest BCUT2D eigenvalue weighted by Crippen LogP contribution is 2.22. The summed E-state index contributed by atoms with van der Waals surface area (Å²) < 4.78 is 26.4. The lowest BCUT2D eigenvalue weighted by Crippen LogP contribution is -2.43. The lowest BCUT2D eigenvalue weighted by molar-refractivity contribution is -0.141. The molecular weight excluding hydrogens is 362 g/mol. The Labute approximate surface area is 152 Å². The Morgan fingerprint density at radius 3 is 2.28 bits per heavy atom. The van der Waals surface area contributed by atoms with Gasteiger partial charge < -0.3 is 5.11 Å². The molecule has 1 N–H and O–H groups in total. The largest absolute Gasteiger partial charge is 0.480 e. The summed E-state index contributed by atoms with van der Waals surface area (Å²) in [5, 5.41) is 9.99. The van der Waals surface area contributed by atoms with Crippen LogP contribution in [-0.2, 0) is 21.2 Å². The van der Waals surface area contributed by atoms with Crippen molar-refractivity contribution in [3.8, 4) is 0 Å². The smallest absolute Gasteiger partial charge is 0.322 e. The van der Waals surface area contributed by atoms with E-state index in [2.05, 4.69) is 0 Å². The van der Waals surface area contributed by atoms with Crippen LogP contribution in [0.5, 0.6) is 0 Å². The molecule has 2 aromatic carbocycles. The van der Waals surface area contributed by atoms with Crippen LogP contribution in [0.25, 0.3) is 0 Å². The van der Waals surface area contributed by atoms with E-state index in [1.54, 1.807) is 0 Å². The number of rotatable bonds is 6.